The summed E-state index contributed by atoms with van der Waals surface area (Å²) in [5, 5.41) is 1.39. The zero-order valence-electron chi connectivity index (χ0n) is 32.5. The monoisotopic (exact) mass is 739 g/mol. The molecule has 0 bridgehead atoms. The van der Waals surface area contributed by atoms with Crippen molar-refractivity contribution in [3.05, 3.63) is 167 Å². The molecular weight excluding hydrogens is 697 g/mol. The Morgan fingerprint density at radius 3 is 1.91 bits per heavy atom. The molecular formula is C51H42BN3S. The highest BCUT2D eigenvalue weighted by Crippen LogP contribution is 2.56. The molecule has 4 aliphatic rings. The van der Waals surface area contributed by atoms with E-state index in [1.807, 2.05) is 11.3 Å². The van der Waals surface area contributed by atoms with Gasteiger partial charge < -0.3 is 9.47 Å². The van der Waals surface area contributed by atoms with E-state index in [2.05, 4.69) is 189 Å². The van der Waals surface area contributed by atoms with Gasteiger partial charge in [-0.05, 0) is 118 Å². The van der Waals surface area contributed by atoms with E-state index >= 15 is 0 Å². The van der Waals surface area contributed by atoms with Crippen LogP contribution in [-0.4, -0.2) is 11.3 Å². The fraction of sp³-hybridized carbons (Fsp3) is 0.176. The molecule has 0 unspecified atom stereocenters. The van der Waals surface area contributed by atoms with Crippen LogP contribution in [0.2, 0.25) is 0 Å². The summed E-state index contributed by atoms with van der Waals surface area (Å²) in [6, 6.07) is 52.5. The molecule has 0 atom stereocenters. The van der Waals surface area contributed by atoms with Crippen LogP contribution < -0.4 is 26.2 Å². The highest BCUT2D eigenvalue weighted by Gasteiger charge is 2.50. The Morgan fingerprint density at radius 1 is 0.607 bits per heavy atom. The van der Waals surface area contributed by atoms with Gasteiger partial charge in [0.1, 0.15) is 5.82 Å². The normalized spacial score (nSPS) is 16.3. The molecule has 12 rings (SSSR count). The molecule has 0 saturated heterocycles. The van der Waals surface area contributed by atoms with Gasteiger partial charge in [0, 0.05) is 65.8 Å². The van der Waals surface area contributed by atoms with Gasteiger partial charge in [0.05, 0.1) is 0 Å². The Morgan fingerprint density at radius 2 is 1.21 bits per heavy atom. The zero-order valence-corrected chi connectivity index (χ0v) is 33.3. The van der Waals surface area contributed by atoms with Crippen LogP contribution in [-0.2, 0) is 18.3 Å². The first-order chi connectivity index (χ1) is 27.2. The van der Waals surface area contributed by atoms with Gasteiger partial charge in [-0.25, -0.2) is 0 Å². The van der Waals surface area contributed by atoms with Gasteiger partial charge in [-0.1, -0.05) is 113 Å². The maximum atomic E-state index is 2.64. The summed E-state index contributed by atoms with van der Waals surface area (Å²) in [5.74, 6) is 1.29. The highest BCUT2D eigenvalue weighted by molar-refractivity contribution is 7.20. The fourth-order valence-corrected chi connectivity index (χ4v) is 12.2. The van der Waals surface area contributed by atoms with Gasteiger partial charge in [0.25, 0.3) is 6.71 Å². The molecule has 270 valence electrons. The summed E-state index contributed by atoms with van der Waals surface area (Å²) in [4.78, 5) is 6.66. The number of hydrogen-bond acceptors (Lipinski definition) is 3. The van der Waals surface area contributed by atoms with Crippen molar-refractivity contribution in [1.29, 1.82) is 0 Å². The number of anilines is 6. The molecule has 0 fully saturated rings. The molecule has 0 radical (unpaired) electrons. The lowest BCUT2D eigenvalue weighted by molar-refractivity contribution is 0.388. The van der Waals surface area contributed by atoms with E-state index in [9.17, 15) is 0 Å². The SMILES string of the molecule is Cc1cc2c3c(c1)N(c1ccccc1)c1c(c4c(n1-c1ccccc1)CC(C)(C)C4)B3c1cc3c4c(sc3cc1N2c1ccccc1)C(C)(C)c1ccccc1-4. The zero-order chi connectivity index (χ0) is 37.7. The summed E-state index contributed by atoms with van der Waals surface area (Å²) in [6.45, 7) is 12.1. The highest BCUT2D eigenvalue weighted by atomic mass is 32.1. The lowest BCUT2D eigenvalue weighted by Gasteiger charge is -2.44. The number of aryl methyl sites for hydroxylation is 1. The van der Waals surface area contributed by atoms with Crippen molar-refractivity contribution < 1.29 is 0 Å². The third kappa shape index (κ3) is 4.24. The van der Waals surface area contributed by atoms with Crippen molar-refractivity contribution in [2.24, 2.45) is 5.41 Å². The van der Waals surface area contributed by atoms with Crippen LogP contribution in [0, 0.1) is 12.3 Å². The molecule has 0 N–H and O–H groups in total. The first-order valence-corrected chi connectivity index (χ1v) is 20.9. The number of rotatable bonds is 3. The molecule has 2 aliphatic heterocycles. The van der Waals surface area contributed by atoms with Crippen molar-refractivity contribution in [3.63, 3.8) is 0 Å². The number of benzene rings is 6. The number of fused-ring (bicyclic) bond motifs is 11. The van der Waals surface area contributed by atoms with Crippen LogP contribution in [0.3, 0.4) is 0 Å². The second-order valence-corrected chi connectivity index (χ2v) is 18.8. The molecule has 4 heterocycles. The first-order valence-electron chi connectivity index (χ1n) is 20.1. The summed E-state index contributed by atoms with van der Waals surface area (Å²) < 4.78 is 4.00. The Hall–Kier alpha value is -5.78. The number of thiophene rings is 1. The van der Waals surface area contributed by atoms with Crippen molar-refractivity contribution in [2.45, 2.75) is 52.9 Å². The number of para-hydroxylation sites is 3. The summed E-state index contributed by atoms with van der Waals surface area (Å²) in [6.07, 6.45) is 2.09. The number of aromatic nitrogens is 1. The third-order valence-corrected chi connectivity index (χ3v) is 14.6. The molecule has 8 aromatic rings. The van der Waals surface area contributed by atoms with Crippen LogP contribution in [0.15, 0.2) is 140 Å². The van der Waals surface area contributed by atoms with Gasteiger partial charge in [-0.15, -0.1) is 11.3 Å². The van der Waals surface area contributed by atoms with E-state index in [-0.39, 0.29) is 17.5 Å². The Bertz CT molecular complexity index is 2940. The molecule has 6 aromatic carbocycles. The van der Waals surface area contributed by atoms with E-state index in [0.29, 0.717) is 0 Å². The Labute approximate surface area is 333 Å². The van der Waals surface area contributed by atoms with Crippen molar-refractivity contribution in [1.82, 2.24) is 4.57 Å². The quantitative estimate of drug-likeness (QED) is 0.167. The van der Waals surface area contributed by atoms with Gasteiger partial charge in [0.15, 0.2) is 0 Å². The lowest BCUT2D eigenvalue weighted by Crippen LogP contribution is -2.62. The van der Waals surface area contributed by atoms with Gasteiger partial charge in [-0.3, -0.25) is 4.90 Å². The minimum atomic E-state index is -0.0457. The smallest absolute Gasteiger partial charge is 0.254 e. The van der Waals surface area contributed by atoms with Crippen molar-refractivity contribution in [2.75, 3.05) is 9.80 Å². The maximum Gasteiger partial charge on any atom is 0.254 e. The minimum Gasteiger partial charge on any atom is -0.311 e. The van der Waals surface area contributed by atoms with Crippen LogP contribution in [0.5, 0.6) is 0 Å². The molecule has 2 aliphatic carbocycles. The standard InChI is InChI=1S/C51H42BN3S/c1-31-25-41-47-42(26-31)54(33-19-11-7-12-20-33)49-46(37-29-50(2,3)30-43(37)55(49)34-21-13-8-14-22-34)52(47)39-27-36-44(28-40(39)53(41)32-17-9-6-10-18-32)56-48-45(36)35-23-15-16-24-38(35)51(48,4)5/h6-28H,29-30H2,1-5H3. The predicted octanol–water partition coefficient (Wildman–Crippen LogP) is 11.5. The van der Waals surface area contributed by atoms with Crippen LogP contribution in [0.1, 0.15) is 55.0 Å². The molecule has 2 aromatic heterocycles. The molecule has 0 spiro atoms. The molecule has 56 heavy (non-hydrogen) atoms. The predicted molar refractivity (Wildman–Crippen MR) is 239 cm³/mol. The minimum absolute atomic E-state index is 0.0457. The molecule has 5 heteroatoms. The van der Waals surface area contributed by atoms with Crippen LogP contribution in [0.25, 0.3) is 26.9 Å². The summed E-state index contributed by atoms with van der Waals surface area (Å²) in [5.41, 5.74) is 20.3. The van der Waals surface area contributed by atoms with Crippen molar-refractivity contribution >= 4 is 78.8 Å². The van der Waals surface area contributed by atoms with E-state index in [4.69, 9.17) is 0 Å². The molecule has 0 saturated carbocycles. The second-order valence-electron chi connectivity index (χ2n) is 17.7. The third-order valence-electron chi connectivity index (χ3n) is 13.1. The van der Waals surface area contributed by atoms with E-state index in [0.717, 1.165) is 12.8 Å². The number of hydrogen-bond donors (Lipinski definition) is 0. The summed E-state index contributed by atoms with van der Waals surface area (Å²) >= 11 is 2.00. The van der Waals surface area contributed by atoms with E-state index < -0.39 is 0 Å². The lowest BCUT2D eigenvalue weighted by atomic mass is 9.33. The Balaban J connectivity index is 1.25. The van der Waals surface area contributed by atoms with Crippen LogP contribution in [0.4, 0.5) is 34.3 Å². The topological polar surface area (TPSA) is 11.4 Å². The van der Waals surface area contributed by atoms with Crippen LogP contribution >= 0.6 is 11.3 Å². The summed E-state index contributed by atoms with van der Waals surface area (Å²) in [7, 11) is 0. The average molecular weight is 740 g/mol. The maximum absolute atomic E-state index is 2.64. The first kappa shape index (κ1) is 32.5. The second kappa shape index (κ2) is 11.2. The number of nitrogens with zero attached hydrogens (tertiary/aromatic N) is 3. The molecule has 3 nitrogen and oxygen atoms in total. The van der Waals surface area contributed by atoms with E-state index in [1.165, 1.54) is 105 Å². The van der Waals surface area contributed by atoms with Gasteiger partial charge in [-0.2, -0.15) is 0 Å². The Kier molecular flexibility index (Phi) is 6.48. The van der Waals surface area contributed by atoms with Crippen molar-refractivity contribution in [3.8, 4) is 16.8 Å². The fourth-order valence-electron chi connectivity index (χ4n) is 10.9. The van der Waals surface area contributed by atoms with Gasteiger partial charge in [0.2, 0.25) is 0 Å². The molecule has 0 amide bonds. The average Bonchev–Trinajstić information content (AvgIpc) is 3.89. The van der Waals surface area contributed by atoms with Gasteiger partial charge >= 0.3 is 0 Å². The van der Waals surface area contributed by atoms with E-state index in [1.54, 1.807) is 0 Å². The largest absolute Gasteiger partial charge is 0.311 e.